The van der Waals surface area contributed by atoms with E-state index in [0.717, 1.165) is 30.4 Å². The van der Waals surface area contributed by atoms with E-state index in [9.17, 15) is 14.7 Å². The second-order valence-corrected chi connectivity index (χ2v) is 10.2. The molecule has 4 atom stereocenters. The van der Waals surface area contributed by atoms with Crippen molar-refractivity contribution in [2.24, 2.45) is 22.7 Å². The SMILES string of the molecule is CC1(C)C(=O)CC[C@]2(C)[C@H]3Cc4c(O)cc5c(c4O[C@@]3(C)CC[C@@H]12)COC5=O. The first-order valence-electron chi connectivity index (χ1n) is 10.3. The van der Waals surface area contributed by atoms with E-state index < -0.39 is 5.97 Å². The molecule has 5 rings (SSSR count). The van der Waals surface area contributed by atoms with Crippen molar-refractivity contribution in [3.05, 3.63) is 22.8 Å². The van der Waals surface area contributed by atoms with Gasteiger partial charge in [-0.2, -0.15) is 0 Å². The number of phenolic OH excluding ortho intramolecular Hbond substituents is 1. The van der Waals surface area contributed by atoms with Crippen LogP contribution in [0.2, 0.25) is 0 Å². The molecular weight excluding hydrogens is 356 g/mol. The average molecular weight is 384 g/mol. The van der Waals surface area contributed by atoms with Crippen LogP contribution in [0, 0.1) is 22.7 Å². The van der Waals surface area contributed by atoms with Crippen LogP contribution in [-0.2, 0) is 22.6 Å². The number of hydrogen-bond donors (Lipinski definition) is 1. The Kier molecular flexibility index (Phi) is 3.42. The Labute approximate surface area is 165 Å². The van der Waals surface area contributed by atoms with Gasteiger partial charge in [0.1, 0.15) is 29.5 Å². The number of hydrogen-bond acceptors (Lipinski definition) is 5. The molecule has 2 fully saturated rings. The van der Waals surface area contributed by atoms with Gasteiger partial charge in [0.25, 0.3) is 0 Å². The van der Waals surface area contributed by atoms with Crippen molar-refractivity contribution in [2.75, 3.05) is 0 Å². The first-order valence-corrected chi connectivity index (χ1v) is 10.3. The Bertz CT molecular complexity index is 916. The van der Waals surface area contributed by atoms with Crippen LogP contribution in [0.25, 0.3) is 0 Å². The van der Waals surface area contributed by atoms with Crippen LogP contribution in [-0.4, -0.2) is 22.5 Å². The number of fused-ring (bicyclic) bond motifs is 6. The first kappa shape index (κ1) is 18.0. The molecule has 150 valence electrons. The van der Waals surface area contributed by atoms with Crippen molar-refractivity contribution in [1.82, 2.24) is 0 Å². The fraction of sp³-hybridized carbons (Fsp3) is 0.652. The van der Waals surface area contributed by atoms with E-state index in [1.54, 1.807) is 0 Å². The van der Waals surface area contributed by atoms with Gasteiger partial charge < -0.3 is 14.6 Å². The highest BCUT2D eigenvalue weighted by molar-refractivity contribution is 5.95. The summed E-state index contributed by atoms with van der Waals surface area (Å²) in [6, 6.07) is 1.53. The summed E-state index contributed by atoms with van der Waals surface area (Å²) in [6.45, 7) is 8.90. The van der Waals surface area contributed by atoms with Gasteiger partial charge in [0.2, 0.25) is 0 Å². The van der Waals surface area contributed by atoms with E-state index in [4.69, 9.17) is 9.47 Å². The lowest BCUT2D eigenvalue weighted by Gasteiger charge is -2.62. The molecule has 0 radical (unpaired) electrons. The van der Waals surface area contributed by atoms with Crippen LogP contribution in [0.15, 0.2) is 6.07 Å². The van der Waals surface area contributed by atoms with Gasteiger partial charge in [0, 0.05) is 28.9 Å². The molecule has 0 aromatic heterocycles. The maximum absolute atomic E-state index is 12.6. The highest BCUT2D eigenvalue weighted by Crippen LogP contribution is 2.64. The molecule has 0 amide bonds. The van der Waals surface area contributed by atoms with E-state index in [-0.39, 0.29) is 34.7 Å². The van der Waals surface area contributed by atoms with Crippen LogP contribution in [0.5, 0.6) is 11.5 Å². The zero-order valence-electron chi connectivity index (χ0n) is 17.1. The topological polar surface area (TPSA) is 72.8 Å². The molecule has 0 bridgehead atoms. The summed E-state index contributed by atoms with van der Waals surface area (Å²) in [4.78, 5) is 24.6. The second kappa shape index (κ2) is 5.31. The number of ketones is 1. The number of carbonyl (C=O) groups excluding carboxylic acids is 2. The van der Waals surface area contributed by atoms with Crippen molar-refractivity contribution in [1.29, 1.82) is 0 Å². The number of carbonyl (C=O) groups is 2. The lowest BCUT2D eigenvalue weighted by molar-refractivity contribution is -0.174. The van der Waals surface area contributed by atoms with Crippen LogP contribution in [0.4, 0.5) is 0 Å². The maximum atomic E-state index is 12.6. The third kappa shape index (κ3) is 2.08. The number of ether oxygens (including phenoxy) is 2. The predicted molar refractivity (Wildman–Crippen MR) is 102 cm³/mol. The van der Waals surface area contributed by atoms with E-state index >= 15 is 0 Å². The Balaban J connectivity index is 1.63. The molecule has 2 heterocycles. The van der Waals surface area contributed by atoms with Gasteiger partial charge in [-0.1, -0.05) is 20.8 Å². The van der Waals surface area contributed by atoms with Gasteiger partial charge >= 0.3 is 5.97 Å². The smallest absolute Gasteiger partial charge is 0.339 e. The van der Waals surface area contributed by atoms with Crippen molar-refractivity contribution >= 4 is 11.8 Å². The summed E-state index contributed by atoms with van der Waals surface area (Å²) in [5.74, 6) is 1.25. The van der Waals surface area contributed by atoms with Gasteiger partial charge in [-0.05, 0) is 50.0 Å². The minimum Gasteiger partial charge on any atom is -0.508 e. The minimum atomic E-state index is -0.396. The number of esters is 1. The Morgan fingerprint density at radius 1 is 1.07 bits per heavy atom. The van der Waals surface area contributed by atoms with Crippen LogP contribution >= 0.6 is 0 Å². The van der Waals surface area contributed by atoms with Crippen LogP contribution < -0.4 is 4.74 Å². The number of cyclic esters (lactones) is 1. The van der Waals surface area contributed by atoms with Crippen molar-refractivity contribution in [3.8, 4) is 11.5 Å². The van der Waals surface area contributed by atoms with E-state index in [2.05, 4.69) is 27.7 Å². The average Bonchev–Trinajstić information content (AvgIpc) is 2.98. The molecule has 1 aromatic rings. The predicted octanol–water partition coefficient (Wildman–Crippen LogP) is 4.18. The molecule has 28 heavy (non-hydrogen) atoms. The highest BCUT2D eigenvalue weighted by Gasteiger charge is 2.63. The lowest BCUT2D eigenvalue weighted by Crippen LogP contribution is -2.63. The molecule has 2 aliphatic heterocycles. The Morgan fingerprint density at radius 2 is 1.82 bits per heavy atom. The summed E-state index contributed by atoms with van der Waals surface area (Å²) >= 11 is 0. The molecule has 5 nitrogen and oxygen atoms in total. The molecule has 0 spiro atoms. The number of aromatic hydroxyl groups is 1. The summed E-state index contributed by atoms with van der Waals surface area (Å²) in [7, 11) is 0. The molecule has 4 aliphatic rings. The van der Waals surface area contributed by atoms with Gasteiger partial charge in [-0.25, -0.2) is 4.79 Å². The fourth-order valence-electron chi connectivity index (χ4n) is 6.91. The minimum absolute atomic E-state index is 0.0279. The van der Waals surface area contributed by atoms with E-state index in [1.807, 2.05) is 0 Å². The molecule has 2 aliphatic carbocycles. The van der Waals surface area contributed by atoms with Gasteiger partial charge in [0.15, 0.2) is 0 Å². The third-order valence-corrected chi connectivity index (χ3v) is 8.51. The number of Topliss-reactive ketones (excluding diaryl/α,β-unsaturated/α-hetero) is 1. The van der Waals surface area contributed by atoms with E-state index in [1.165, 1.54) is 6.07 Å². The monoisotopic (exact) mass is 384 g/mol. The summed E-state index contributed by atoms with van der Waals surface area (Å²) in [5, 5.41) is 10.7. The van der Waals surface area contributed by atoms with Gasteiger partial charge in [0.05, 0.1) is 5.56 Å². The maximum Gasteiger partial charge on any atom is 0.339 e. The van der Waals surface area contributed by atoms with Gasteiger partial charge in [-0.3, -0.25) is 4.79 Å². The third-order valence-electron chi connectivity index (χ3n) is 8.51. The zero-order valence-corrected chi connectivity index (χ0v) is 17.1. The van der Waals surface area contributed by atoms with Crippen molar-refractivity contribution < 1.29 is 24.2 Å². The lowest BCUT2D eigenvalue weighted by atomic mass is 9.44. The largest absolute Gasteiger partial charge is 0.508 e. The van der Waals surface area contributed by atoms with Crippen LogP contribution in [0.1, 0.15) is 74.9 Å². The van der Waals surface area contributed by atoms with E-state index in [0.29, 0.717) is 35.9 Å². The molecule has 1 aromatic carbocycles. The quantitative estimate of drug-likeness (QED) is 0.680. The first-order chi connectivity index (χ1) is 13.1. The summed E-state index contributed by atoms with van der Waals surface area (Å²) in [6.07, 6.45) is 4.00. The zero-order chi connectivity index (χ0) is 20.1. The summed E-state index contributed by atoms with van der Waals surface area (Å²) in [5.41, 5.74) is 1.25. The number of phenols is 1. The molecule has 2 saturated carbocycles. The molecule has 5 heteroatoms. The standard InChI is InChI=1S/C23H28O5/c1-21(2)16-5-8-23(4)17(22(16,3)7-6-18(21)25)10-13-15(24)9-12-14(19(13)28-23)11-27-20(12)26/h9,16-17,24H,5-8,10-11H2,1-4H3/t16-,17+,22-,23-/m0/s1. The Hall–Kier alpha value is -2.04. The van der Waals surface area contributed by atoms with Crippen LogP contribution in [0.3, 0.4) is 0 Å². The van der Waals surface area contributed by atoms with Gasteiger partial charge in [-0.15, -0.1) is 0 Å². The normalized spacial score (nSPS) is 37.9. The van der Waals surface area contributed by atoms with Crippen molar-refractivity contribution in [3.63, 3.8) is 0 Å². The molecule has 0 saturated heterocycles. The second-order valence-electron chi connectivity index (χ2n) is 10.2. The molecule has 0 unspecified atom stereocenters. The fourth-order valence-corrected chi connectivity index (χ4v) is 6.91. The molecular formula is C23H28O5. The van der Waals surface area contributed by atoms with Crippen molar-refractivity contribution in [2.45, 2.75) is 72.0 Å². The Morgan fingerprint density at radius 3 is 2.57 bits per heavy atom. The highest BCUT2D eigenvalue weighted by atomic mass is 16.5. The number of benzene rings is 1. The molecule has 1 N–H and O–H groups in total. The summed E-state index contributed by atoms with van der Waals surface area (Å²) < 4.78 is 11.8. The number of rotatable bonds is 0.